The van der Waals surface area contributed by atoms with E-state index in [0.717, 1.165) is 0 Å². The van der Waals surface area contributed by atoms with Gasteiger partial charge in [0.05, 0.1) is 0 Å². The molecule has 0 saturated carbocycles. The van der Waals surface area contributed by atoms with Crippen molar-refractivity contribution < 1.29 is 22.3 Å². The van der Waals surface area contributed by atoms with Crippen LogP contribution in [0.1, 0.15) is 24.5 Å². The molecule has 1 aromatic rings. The summed E-state index contributed by atoms with van der Waals surface area (Å²) in [6.07, 6.45) is -4.47. The molecule has 0 aliphatic carbocycles. The van der Waals surface area contributed by atoms with Crippen molar-refractivity contribution in [2.45, 2.75) is 26.6 Å². The minimum absolute atomic E-state index is 0.282. The number of benzene rings is 1. The van der Waals surface area contributed by atoms with Gasteiger partial charge in [-0.3, -0.25) is 0 Å². The Kier molecular flexibility index (Phi) is 3.34. The summed E-state index contributed by atoms with van der Waals surface area (Å²) in [5.41, 5.74) is 1.55. The normalized spacial score (nSPS) is 15.8. The summed E-state index contributed by atoms with van der Waals surface area (Å²) in [7, 11) is 0. The Hall–Kier alpha value is -1.85. The minimum Gasteiger partial charge on any atom is -0.405 e. The molecule has 0 aromatic heterocycles. The molecule has 19 heavy (non-hydrogen) atoms. The van der Waals surface area contributed by atoms with E-state index in [2.05, 4.69) is 9.73 Å². The number of aryl methyl sites for hydroxylation is 1. The molecule has 1 aliphatic heterocycles. The van der Waals surface area contributed by atoms with Gasteiger partial charge < -0.3 is 4.74 Å². The summed E-state index contributed by atoms with van der Waals surface area (Å²) in [6, 6.07) is 4.21. The molecular weight excluding hydrogens is 262 g/mol. The van der Waals surface area contributed by atoms with Crippen LogP contribution in [0.5, 0.6) is 5.75 Å². The van der Waals surface area contributed by atoms with E-state index in [4.69, 9.17) is 0 Å². The van der Waals surface area contributed by atoms with Crippen molar-refractivity contribution in [2.24, 2.45) is 4.99 Å². The molecule has 102 valence electrons. The summed E-state index contributed by atoms with van der Waals surface area (Å²) in [5.74, 6) is -0.978. The van der Waals surface area contributed by atoms with Crippen LogP contribution in [0.3, 0.4) is 0 Å². The molecule has 0 atom stereocenters. The Morgan fingerprint density at radius 3 is 2.42 bits per heavy atom. The third-order valence-electron chi connectivity index (χ3n) is 2.73. The smallest absolute Gasteiger partial charge is 0.405 e. The number of alkyl halides is 3. The summed E-state index contributed by atoms with van der Waals surface area (Å²) in [6.45, 7) is 3.15. The SMILES string of the molecule is CC1=NC(F)=C(c2ccc(C)c(OC(F)(F)F)c2)C1. The molecule has 2 rings (SSSR count). The molecule has 0 saturated heterocycles. The maximum Gasteiger partial charge on any atom is 0.573 e. The van der Waals surface area contributed by atoms with E-state index in [1.165, 1.54) is 19.1 Å². The van der Waals surface area contributed by atoms with Crippen LogP contribution in [-0.2, 0) is 0 Å². The maximum atomic E-state index is 13.5. The molecule has 1 aliphatic rings. The predicted octanol–water partition coefficient (Wildman–Crippen LogP) is 4.40. The molecule has 2 nitrogen and oxygen atoms in total. The van der Waals surface area contributed by atoms with E-state index in [1.54, 1.807) is 13.0 Å². The Balaban J connectivity index is 2.35. The van der Waals surface area contributed by atoms with Crippen molar-refractivity contribution in [1.29, 1.82) is 0 Å². The average molecular weight is 273 g/mol. The second-order valence-electron chi connectivity index (χ2n) is 4.32. The van der Waals surface area contributed by atoms with Gasteiger partial charge in [-0.15, -0.1) is 13.2 Å². The Morgan fingerprint density at radius 2 is 1.89 bits per heavy atom. The number of ether oxygens (including phenoxy) is 1. The quantitative estimate of drug-likeness (QED) is 0.578. The van der Waals surface area contributed by atoms with E-state index in [1.807, 2.05) is 0 Å². The summed E-state index contributed by atoms with van der Waals surface area (Å²) < 4.78 is 54.1. The molecule has 0 N–H and O–H groups in total. The lowest BCUT2D eigenvalue weighted by atomic mass is 10.0. The van der Waals surface area contributed by atoms with Crippen molar-refractivity contribution in [2.75, 3.05) is 0 Å². The van der Waals surface area contributed by atoms with E-state index in [-0.39, 0.29) is 11.3 Å². The molecule has 0 amide bonds. The monoisotopic (exact) mass is 273 g/mol. The zero-order valence-electron chi connectivity index (χ0n) is 10.3. The standard InChI is InChI=1S/C13H11F4NO/c1-7-3-4-9(6-11(7)19-13(15,16)17)10-5-8(2)18-12(10)14/h3-4,6H,5H2,1-2H3. The molecule has 0 radical (unpaired) electrons. The second kappa shape index (κ2) is 4.68. The van der Waals surface area contributed by atoms with Gasteiger partial charge in [-0.1, -0.05) is 12.1 Å². The lowest BCUT2D eigenvalue weighted by molar-refractivity contribution is -0.274. The molecule has 1 aromatic carbocycles. The van der Waals surface area contributed by atoms with E-state index >= 15 is 0 Å². The average Bonchev–Trinajstić information content (AvgIpc) is 2.59. The van der Waals surface area contributed by atoms with Gasteiger partial charge in [-0.05, 0) is 31.0 Å². The Bertz CT molecular complexity index is 572. The van der Waals surface area contributed by atoms with Crippen LogP contribution in [0.25, 0.3) is 5.57 Å². The maximum absolute atomic E-state index is 13.5. The van der Waals surface area contributed by atoms with Crippen LogP contribution in [0.4, 0.5) is 17.6 Å². The van der Waals surface area contributed by atoms with Crippen LogP contribution in [-0.4, -0.2) is 12.1 Å². The van der Waals surface area contributed by atoms with Crippen LogP contribution < -0.4 is 4.74 Å². The summed E-state index contributed by atoms with van der Waals surface area (Å²) in [5, 5.41) is 0. The molecule has 1 heterocycles. The first kappa shape index (κ1) is 13.6. The number of halogens is 4. The number of allylic oxidation sites excluding steroid dienone is 1. The number of hydrogen-bond acceptors (Lipinski definition) is 2. The molecular formula is C13H11F4NO. The number of hydrogen-bond donors (Lipinski definition) is 0. The molecule has 0 fully saturated rings. The third-order valence-corrected chi connectivity index (χ3v) is 2.73. The highest BCUT2D eigenvalue weighted by Gasteiger charge is 2.32. The van der Waals surface area contributed by atoms with Gasteiger partial charge in [-0.2, -0.15) is 4.39 Å². The van der Waals surface area contributed by atoms with Gasteiger partial charge in [0.15, 0.2) is 0 Å². The predicted molar refractivity (Wildman–Crippen MR) is 63.6 cm³/mol. The van der Waals surface area contributed by atoms with Crippen molar-refractivity contribution in [1.82, 2.24) is 0 Å². The molecule has 0 spiro atoms. The first-order valence-corrected chi connectivity index (χ1v) is 5.56. The lowest BCUT2D eigenvalue weighted by Crippen LogP contribution is -2.17. The highest BCUT2D eigenvalue weighted by atomic mass is 19.4. The van der Waals surface area contributed by atoms with Crippen LogP contribution >= 0.6 is 0 Å². The topological polar surface area (TPSA) is 21.6 Å². The van der Waals surface area contributed by atoms with E-state index < -0.39 is 12.3 Å². The molecule has 0 bridgehead atoms. The highest BCUT2D eigenvalue weighted by molar-refractivity contribution is 5.97. The van der Waals surface area contributed by atoms with Crippen molar-refractivity contribution in [3.8, 4) is 5.75 Å². The summed E-state index contributed by atoms with van der Waals surface area (Å²) >= 11 is 0. The van der Waals surface area contributed by atoms with Crippen molar-refractivity contribution in [3.05, 3.63) is 35.3 Å². The molecule has 6 heteroatoms. The fourth-order valence-corrected chi connectivity index (χ4v) is 1.85. The Morgan fingerprint density at radius 1 is 1.21 bits per heavy atom. The van der Waals surface area contributed by atoms with Crippen LogP contribution in [0, 0.1) is 6.92 Å². The van der Waals surface area contributed by atoms with Gasteiger partial charge in [0.2, 0.25) is 5.95 Å². The van der Waals surface area contributed by atoms with E-state index in [0.29, 0.717) is 23.3 Å². The first-order chi connectivity index (χ1) is 8.76. The first-order valence-electron chi connectivity index (χ1n) is 5.56. The number of nitrogens with zero attached hydrogens (tertiary/aromatic N) is 1. The second-order valence-corrected chi connectivity index (χ2v) is 4.32. The van der Waals surface area contributed by atoms with Gasteiger partial charge in [-0.25, -0.2) is 4.99 Å². The Labute approximate surface area is 107 Å². The fraction of sp³-hybridized carbons (Fsp3) is 0.308. The minimum atomic E-state index is -4.77. The zero-order chi connectivity index (χ0) is 14.2. The van der Waals surface area contributed by atoms with Gasteiger partial charge in [0, 0.05) is 17.7 Å². The van der Waals surface area contributed by atoms with Gasteiger partial charge >= 0.3 is 6.36 Å². The zero-order valence-corrected chi connectivity index (χ0v) is 10.3. The van der Waals surface area contributed by atoms with Crippen molar-refractivity contribution >= 4 is 11.3 Å². The van der Waals surface area contributed by atoms with Crippen LogP contribution in [0.15, 0.2) is 29.1 Å². The van der Waals surface area contributed by atoms with Crippen molar-refractivity contribution in [3.63, 3.8) is 0 Å². The van der Waals surface area contributed by atoms with Crippen LogP contribution in [0.2, 0.25) is 0 Å². The number of rotatable bonds is 2. The van der Waals surface area contributed by atoms with Gasteiger partial charge in [0.25, 0.3) is 0 Å². The largest absolute Gasteiger partial charge is 0.573 e. The fourth-order valence-electron chi connectivity index (χ4n) is 1.85. The number of aliphatic imine (C=N–C) groups is 1. The van der Waals surface area contributed by atoms with Gasteiger partial charge in [0.1, 0.15) is 5.75 Å². The summed E-state index contributed by atoms with van der Waals surface area (Å²) in [4.78, 5) is 3.64. The highest BCUT2D eigenvalue weighted by Crippen LogP contribution is 2.34. The third kappa shape index (κ3) is 3.13. The molecule has 0 unspecified atom stereocenters. The lowest BCUT2D eigenvalue weighted by Gasteiger charge is -2.13. The van der Waals surface area contributed by atoms with E-state index in [9.17, 15) is 17.6 Å².